The Kier molecular flexibility index (Phi) is 3.59. The summed E-state index contributed by atoms with van der Waals surface area (Å²) < 4.78 is 13.4. The second-order valence-corrected chi connectivity index (χ2v) is 5.22. The van der Waals surface area contributed by atoms with Crippen LogP contribution < -0.4 is 4.90 Å². The molecule has 0 aromatic heterocycles. The minimum Gasteiger partial charge on any atom is -0.481 e. The number of rotatable bonds is 2. The number of halogens is 3. The summed E-state index contributed by atoms with van der Waals surface area (Å²) in [6.45, 7) is 0.0398. The van der Waals surface area contributed by atoms with E-state index in [0.717, 1.165) is 6.07 Å². The van der Waals surface area contributed by atoms with Gasteiger partial charge in [-0.3, -0.25) is 9.59 Å². The molecule has 2 rings (SSSR count). The number of anilines is 1. The van der Waals surface area contributed by atoms with E-state index in [0.29, 0.717) is 10.2 Å². The third kappa shape index (κ3) is 2.35. The van der Waals surface area contributed by atoms with Crippen molar-refractivity contribution >= 4 is 45.1 Å². The number of hydrogen-bond donors (Lipinski definition) is 1. The number of carboxylic acid groups (broad SMARTS) is 1. The fourth-order valence-corrected chi connectivity index (χ4v) is 2.95. The molecule has 1 amide bonds. The van der Waals surface area contributed by atoms with Gasteiger partial charge in [-0.05, 0) is 28.1 Å². The van der Waals surface area contributed by atoms with Crippen molar-refractivity contribution in [3.8, 4) is 0 Å². The van der Waals surface area contributed by atoms with Crippen LogP contribution in [0.3, 0.4) is 0 Å². The van der Waals surface area contributed by atoms with Gasteiger partial charge < -0.3 is 10.0 Å². The lowest BCUT2D eigenvalue weighted by Gasteiger charge is -2.19. The Bertz CT molecular complexity index is 514. The summed E-state index contributed by atoms with van der Waals surface area (Å²) in [5, 5.41) is 8.97. The molecule has 1 aliphatic heterocycles. The van der Waals surface area contributed by atoms with Gasteiger partial charge in [-0.15, -0.1) is 0 Å². The maximum Gasteiger partial charge on any atom is 0.308 e. The fraction of sp³-hybridized carbons (Fsp3) is 0.273. The molecule has 4 nitrogen and oxygen atoms in total. The van der Waals surface area contributed by atoms with E-state index in [2.05, 4.69) is 15.9 Å². The summed E-state index contributed by atoms with van der Waals surface area (Å²) in [5.41, 5.74) is 0.312. The normalized spacial score (nSPS) is 19.4. The number of aliphatic carboxylic acids is 1. The van der Waals surface area contributed by atoms with Crippen LogP contribution in [0.2, 0.25) is 5.02 Å². The van der Waals surface area contributed by atoms with E-state index in [4.69, 9.17) is 16.7 Å². The summed E-state index contributed by atoms with van der Waals surface area (Å²) >= 11 is 9.02. The molecule has 96 valence electrons. The van der Waals surface area contributed by atoms with Crippen molar-refractivity contribution in [1.82, 2.24) is 0 Å². The highest BCUT2D eigenvalue weighted by Crippen LogP contribution is 2.38. The van der Waals surface area contributed by atoms with Gasteiger partial charge in [0, 0.05) is 17.4 Å². The van der Waals surface area contributed by atoms with Crippen LogP contribution in [0.25, 0.3) is 0 Å². The number of benzene rings is 1. The van der Waals surface area contributed by atoms with Gasteiger partial charge in [-0.25, -0.2) is 4.39 Å². The minimum absolute atomic E-state index is 0.0398. The van der Waals surface area contributed by atoms with E-state index in [9.17, 15) is 14.0 Å². The molecule has 1 N–H and O–H groups in total. The van der Waals surface area contributed by atoms with Crippen LogP contribution >= 0.6 is 27.5 Å². The van der Waals surface area contributed by atoms with E-state index < -0.39 is 17.7 Å². The SMILES string of the molecule is O=C(O)C1CC(=O)N(c2c(Cl)cc(F)cc2Br)C1. The summed E-state index contributed by atoms with van der Waals surface area (Å²) in [4.78, 5) is 23.9. The lowest BCUT2D eigenvalue weighted by molar-refractivity contribution is -0.141. The van der Waals surface area contributed by atoms with Crippen molar-refractivity contribution in [3.63, 3.8) is 0 Å². The zero-order chi connectivity index (χ0) is 13.4. The summed E-state index contributed by atoms with van der Waals surface area (Å²) in [5.74, 6) is -2.65. The zero-order valence-corrected chi connectivity index (χ0v) is 11.3. The number of amides is 1. The lowest BCUT2D eigenvalue weighted by atomic mass is 10.1. The summed E-state index contributed by atoms with van der Waals surface area (Å²) in [6.07, 6.45) is -0.0739. The van der Waals surface area contributed by atoms with Crippen molar-refractivity contribution in [1.29, 1.82) is 0 Å². The Hall–Kier alpha value is -1.14. The Morgan fingerprint density at radius 1 is 1.56 bits per heavy atom. The van der Waals surface area contributed by atoms with Gasteiger partial charge in [-0.2, -0.15) is 0 Å². The monoisotopic (exact) mass is 335 g/mol. The van der Waals surface area contributed by atoms with Crippen LogP contribution in [0.5, 0.6) is 0 Å². The van der Waals surface area contributed by atoms with E-state index in [1.165, 1.54) is 11.0 Å². The Morgan fingerprint density at radius 3 is 2.72 bits per heavy atom. The Balaban J connectivity index is 2.39. The molecule has 1 atom stereocenters. The van der Waals surface area contributed by atoms with Gasteiger partial charge in [-0.1, -0.05) is 11.6 Å². The van der Waals surface area contributed by atoms with Gasteiger partial charge in [0.05, 0.1) is 16.6 Å². The van der Waals surface area contributed by atoms with Crippen LogP contribution in [0.4, 0.5) is 10.1 Å². The van der Waals surface area contributed by atoms with Crippen LogP contribution in [-0.2, 0) is 9.59 Å². The molecule has 0 saturated carbocycles. The first-order valence-electron chi connectivity index (χ1n) is 5.08. The molecular formula is C11H8BrClFNO3. The Labute approximate surface area is 115 Å². The zero-order valence-electron chi connectivity index (χ0n) is 8.99. The summed E-state index contributed by atoms with van der Waals surface area (Å²) in [7, 11) is 0. The maximum atomic E-state index is 13.1. The number of carbonyl (C=O) groups is 2. The number of hydrogen-bond acceptors (Lipinski definition) is 2. The largest absolute Gasteiger partial charge is 0.481 e. The third-order valence-corrected chi connectivity index (χ3v) is 3.62. The molecule has 18 heavy (non-hydrogen) atoms. The predicted octanol–water partition coefficient (Wildman–Crippen LogP) is 2.68. The van der Waals surface area contributed by atoms with Crippen LogP contribution in [0, 0.1) is 11.7 Å². The second kappa shape index (κ2) is 4.85. The van der Waals surface area contributed by atoms with Crippen molar-refractivity contribution in [2.75, 3.05) is 11.4 Å². The van der Waals surface area contributed by atoms with E-state index in [-0.39, 0.29) is 23.9 Å². The Morgan fingerprint density at radius 2 is 2.22 bits per heavy atom. The maximum absolute atomic E-state index is 13.1. The number of nitrogens with zero attached hydrogens (tertiary/aromatic N) is 1. The van der Waals surface area contributed by atoms with Gasteiger partial charge >= 0.3 is 5.97 Å². The second-order valence-electron chi connectivity index (χ2n) is 3.96. The smallest absolute Gasteiger partial charge is 0.308 e. The molecule has 1 unspecified atom stereocenters. The molecule has 1 aromatic rings. The summed E-state index contributed by atoms with van der Waals surface area (Å²) in [6, 6.07) is 2.27. The van der Waals surface area contributed by atoms with Crippen LogP contribution in [-0.4, -0.2) is 23.5 Å². The highest BCUT2D eigenvalue weighted by atomic mass is 79.9. The highest BCUT2D eigenvalue weighted by molar-refractivity contribution is 9.10. The average molecular weight is 337 g/mol. The standard InChI is InChI=1S/C11H8BrClFNO3/c12-7-2-6(14)3-8(13)10(7)15-4-5(11(17)18)1-9(15)16/h2-3,5H,1,4H2,(H,17,18). The van der Waals surface area contributed by atoms with Crippen molar-refractivity contribution < 1.29 is 19.1 Å². The van der Waals surface area contributed by atoms with Crippen LogP contribution in [0.15, 0.2) is 16.6 Å². The van der Waals surface area contributed by atoms with E-state index >= 15 is 0 Å². The van der Waals surface area contributed by atoms with Crippen LogP contribution in [0.1, 0.15) is 6.42 Å². The topological polar surface area (TPSA) is 57.6 Å². The molecule has 0 radical (unpaired) electrons. The van der Waals surface area contributed by atoms with Gasteiger partial charge in [0.15, 0.2) is 0 Å². The van der Waals surface area contributed by atoms with Crippen molar-refractivity contribution in [2.24, 2.45) is 5.92 Å². The predicted molar refractivity (Wildman–Crippen MR) is 67.2 cm³/mol. The molecule has 0 spiro atoms. The number of carboxylic acids is 1. The van der Waals surface area contributed by atoms with Gasteiger partial charge in [0.25, 0.3) is 0 Å². The first-order chi connectivity index (χ1) is 8.40. The molecule has 1 aromatic carbocycles. The minimum atomic E-state index is -1.03. The van der Waals surface area contributed by atoms with E-state index in [1.54, 1.807) is 0 Å². The molecule has 1 saturated heterocycles. The first-order valence-corrected chi connectivity index (χ1v) is 6.25. The lowest BCUT2D eigenvalue weighted by Crippen LogP contribution is -2.26. The third-order valence-electron chi connectivity index (χ3n) is 2.73. The molecule has 1 fully saturated rings. The van der Waals surface area contributed by atoms with Gasteiger partial charge in [0.1, 0.15) is 5.82 Å². The molecular weight excluding hydrogens is 328 g/mol. The molecule has 0 aliphatic carbocycles. The molecule has 1 aliphatic rings. The first kappa shape index (κ1) is 13.3. The van der Waals surface area contributed by atoms with Gasteiger partial charge in [0.2, 0.25) is 5.91 Å². The average Bonchev–Trinajstić information content (AvgIpc) is 2.59. The highest BCUT2D eigenvalue weighted by Gasteiger charge is 2.36. The fourth-order valence-electron chi connectivity index (χ4n) is 1.88. The quantitative estimate of drug-likeness (QED) is 0.903. The van der Waals surface area contributed by atoms with Crippen molar-refractivity contribution in [2.45, 2.75) is 6.42 Å². The molecule has 1 heterocycles. The number of carbonyl (C=O) groups excluding carboxylic acids is 1. The van der Waals surface area contributed by atoms with E-state index in [1.807, 2.05) is 0 Å². The van der Waals surface area contributed by atoms with Crippen molar-refractivity contribution in [3.05, 3.63) is 27.4 Å². The molecule has 0 bridgehead atoms. The molecule has 7 heteroatoms.